The summed E-state index contributed by atoms with van der Waals surface area (Å²) in [7, 11) is 0. The molecule has 0 amide bonds. The van der Waals surface area contributed by atoms with E-state index in [1.807, 2.05) is 6.20 Å². The van der Waals surface area contributed by atoms with Crippen LogP contribution in [-0.4, -0.2) is 55.2 Å². The first-order chi connectivity index (χ1) is 15.7. The summed E-state index contributed by atoms with van der Waals surface area (Å²) in [4.78, 5) is 10.5. The van der Waals surface area contributed by atoms with Gasteiger partial charge in [-0.25, -0.2) is 9.38 Å². The number of aromatic amines is 1. The van der Waals surface area contributed by atoms with Gasteiger partial charge in [0.2, 0.25) is 0 Å². The van der Waals surface area contributed by atoms with Gasteiger partial charge in [0.05, 0.1) is 19.8 Å². The van der Waals surface area contributed by atoms with Crippen molar-refractivity contribution in [3.05, 3.63) is 71.2 Å². The molecule has 6 nitrogen and oxygen atoms in total. The van der Waals surface area contributed by atoms with Crippen LogP contribution in [0.15, 0.2) is 53.7 Å². The fourth-order valence-electron chi connectivity index (χ4n) is 4.05. The van der Waals surface area contributed by atoms with Crippen LogP contribution in [0.4, 0.5) is 4.39 Å². The lowest BCUT2D eigenvalue weighted by molar-refractivity contribution is 0.0341. The minimum absolute atomic E-state index is 0.211. The number of ether oxygens (including phenoxy) is 1. The highest BCUT2D eigenvalue weighted by Crippen LogP contribution is 2.19. The summed E-state index contributed by atoms with van der Waals surface area (Å²) in [6, 6.07) is 13.4. The molecule has 4 rings (SSSR count). The van der Waals surface area contributed by atoms with Crippen LogP contribution in [0.2, 0.25) is 0 Å². The number of fused-ring (bicyclic) bond motifs is 1. The predicted octanol–water partition coefficient (Wildman–Crippen LogP) is 3.44. The first kappa shape index (κ1) is 22.3. The molecule has 1 aliphatic heterocycles. The van der Waals surface area contributed by atoms with Crippen LogP contribution in [0.25, 0.3) is 10.9 Å². The zero-order valence-corrected chi connectivity index (χ0v) is 18.7. The summed E-state index contributed by atoms with van der Waals surface area (Å²) in [5.41, 5.74) is 4.61. The van der Waals surface area contributed by atoms with Gasteiger partial charge in [0, 0.05) is 49.8 Å². The van der Waals surface area contributed by atoms with Crippen molar-refractivity contribution < 1.29 is 9.13 Å². The zero-order chi connectivity index (χ0) is 22.2. The molecule has 0 saturated carbocycles. The first-order valence-corrected chi connectivity index (χ1v) is 11.4. The van der Waals surface area contributed by atoms with Crippen LogP contribution in [0, 0.1) is 5.82 Å². The number of aliphatic imine (C=N–C) groups is 1. The molecule has 2 heterocycles. The topological polar surface area (TPSA) is 64.7 Å². The normalized spacial score (nSPS) is 15.2. The van der Waals surface area contributed by atoms with Crippen molar-refractivity contribution in [1.29, 1.82) is 0 Å². The van der Waals surface area contributed by atoms with E-state index in [-0.39, 0.29) is 5.82 Å². The van der Waals surface area contributed by atoms with Gasteiger partial charge in [-0.15, -0.1) is 0 Å². The number of guanidine groups is 1. The lowest BCUT2D eigenvalue weighted by atomic mass is 10.1. The van der Waals surface area contributed by atoms with Gasteiger partial charge < -0.3 is 20.4 Å². The molecule has 1 saturated heterocycles. The molecule has 0 bridgehead atoms. The van der Waals surface area contributed by atoms with Gasteiger partial charge in [-0.1, -0.05) is 24.3 Å². The molecule has 32 heavy (non-hydrogen) atoms. The maximum atomic E-state index is 13.6. The number of rotatable bonds is 8. The lowest BCUT2D eigenvalue weighted by Gasteiger charge is -2.27. The number of benzene rings is 2. The van der Waals surface area contributed by atoms with Crippen LogP contribution in [0.5, 0.6) is 0 Å². The number of halogens is 1. The van der Waals surface area contributed by atoms with E-state index in [1.54, 1.807) is 12.1 Å². The van der Waals surface area contributed by atoms with Crippen molar-refractivity contribution in [3.8, 4) is 0 Å². The van der Waals surface area contributed by atoms with Gasteiger partial charge in [0.25, 0.3) is 0 Å². The van der Waals surface area contributed by atoms with Crippen molar-refractivity contribution in [1.82, 2.24) is 20.5 Å². The molecule has 1 aliphatic rings. The highest BCUT2D eigenvalue weighted by Gasteiger charge is 2.12. The highest BCUT2D eigenvalue weighted by atomic mass is 19.1. The van der Waals surface area contributed by atoms with E-state index in [4.69, 9.17) is 9.73 Å². The first-order valence-electron chi connectivity index (χ1n) is 11.4. The third-order valence-corrected chi connectivity index (χ3v) is 5.78. The number of morpholine rings is 1. The summed E-state index contributed by atoms with van der Waals surface area (Å²) in [5, 5.41) is 7.67. The third-order valence-electron chi connectivity index (χ3n) is 5.78. The van der Waals surface area contributed by atoms with Gasteiger partial charge in [-0.3, -0.25) is 4.90 Å². The van der Waals surface area contributed by atoms with Crippen LogP contribution < -0.4 is 10.6 Å². The molecular weight excluding hydrogens is 405 g/mol. The van der Waals surface area contributed by atoms with Gasteiger partial charge in [0.1, 0.15) is 5.82 Å². The monoisotopic (exact) mass is 437 g/mol. The molecule has 7 heteroatoms. The number of H-pyrrole nitrogens is 1. The fraction of sp³-hybridized carbons (Fsp3) is 0.400. The average Bonchev–Trinajstić information content (AvgIpc) is 3.21. The van der Waals surface area contributed by atoms with Crippen molar-refractivity contribution >= 4 is 16.9 Å². The van der Waals surface area contributed by atoms with E-state index < -0.39 is 0 Å². The maximum absolute atomic E-state index is 13.6. The Morgan fingerprint density at radius 1 is 1.09 bits per heavy atom. The van der Waals surface area contributed by atoms with Gasteiger partial charge >= 0.3 is 0 Å². The number of hydrogen-bond donors (Lipinski definition) is 3. The van der Waals surface area contributed by atoms with Crippen LogP contribution in [0.3, 0.4) is 0 Å². The Labute approximate surface area is 188 Å². The lowest BCUT2D eigenvalue weighted by Crippen LogP contribution is -2.38. The fourth-order valence-corrected chi connectivity index (χ4v) is 4.05. The van der Waals surface area contributed by atoms with E-state index in [0.29, 0.717) is 13.1 Å². The second-order valence-corrected chi connectivity index (χ2v) is 8.03. The summed E-state index contributed by atoms with van der Waals surface area (Å²) < 4.78 is 19.1. The van der Waals surface area contributed by atoms with Crippen molar-refractivity contribution in [3.63, 3.8) is 0 Å². The quantitative estimate of drug-likeness (QED) is 0.373. The minimum Gasteiger partial charge on any atom is -0.379 e. The third kappa shape index (κ3) is 5.87. The largest absolute Gasteiger partial charge is 0.379 e. The summed E-state index contributed by atoms with van der Waals surface area (Å²) >= 11 is 0. The Hall–Kier alpha value is -2.90. The van der Waals surface area contributed by atoms with E-state index in [2.05, 4.69) is 51.7 Å². The second-order valence-electron chi connectivity index (χ2n) is 8.03. The van der Waals surface area contributed by atoms with Gasteiger partial charge in [0.15, 0.2) is 5.96 Å². The van der Waals surface area contributed by atoms with Crippen LogP contribution >= 0.6 is 0 Å². The van der Waals surface area contributed by atoms with Crippen molar-refractivity contribution in [2.75, 3.05) is 39.4 Å². The predicted molar refractivity (Wildman–Crippen MR) is 127 cm³/mol. The molecule has 3 aromatic rings. The van der Waals surface area contributed by atoms with Gasteiger partial charge in [-0.2, -0.15) is 0 Å². The van der Waals surface area contributed by atoms with Crippen molar-refractivity contribution in [2.45, 2.75) is 26.4 Å². The molecule has 0 spiro atoms. The standard InChI is InChI=1S/C25H32FN5O/c1-2-27-25(28-10-9-20-17-29-24-8-7-22(26)15-23(20)24)30-16-19-5-3-4-6-21(19)18-31-11-13-32-14-12-31/h3-8,15,17,29H,2,9-14,16,18H2,1H3,(H2,27,28,30). The summed E-state index contributed by atoms with van der Waals surface area (Å²) in [6.45, 7) is 8.66. The van der Waals surface area contributed by atoms with Gasteiger partial charge in [-0.05, 0) is 48.2 Å². The molecule has 0 unspecified atom stereocenters. The number of nitrogens with zero attached hydrogens (tertiary/aromatic N) is 2. The molecule has 3 N–H and O–H groups in total. The van der Waals surface area contributed by atoms with E-state index in [1.165, 1.54) is 17.2 Å². The van der Waals surface area contributed by atoms with Crippen LogP contribution in [0.1, 0.15) is 23.6 Å². The SMILES string of the molecule is CCNC(=NCc1ccccc1CN1CCOCC1)NCCc1c[nH]c2ccc(F)cc12. The minimum atomic E-state index is -0.211. The molecule has 0 aliphatic carbocycles. The molecular formula is C25H32FN5O. The molecule has 2 aromatic carbocycles. The molecule has 170 valence electrons. The Balaban J connectivity index is 1.37. The molecule has 1 fully saturated rings. The van der Waals surface area contributed by atoms with E-state index in [0.717, 1.165) is 68.2 Å². The summed E-state index contributed by atoms with van der Waals surface area (Å²) in [6.07, 6.45) is 2.74. The average molecular weight is 438 g/mol. The summed E-state index contributed by atoms with van der Waals surface area (Å²) in [5.74, 6) is 0.580. The second kappa shape index (κ2) is 11.1. The zero-order valence-electron chi connectivity index (χ0n) is 18.7. The smallest absolute Gasteiger partial charge is 0.191 e. The molecule has 0 atom stereocenters. The number of hydrogen-bond acceptors (Lipinski definition) is 3. The van der Waals surface area contributed by atoms with Crippen molar-refractivity contribution in [2.24, 2.45) is 4.99 Å². The Morgan fingerprint density at radius 2 is 1.91 bits per heavy atom. The van der Waals surface area contributed by atoms with E-state index in [9.17, 15) is 4.39 Å². The number of aromatic nitrogens is 1. The van der Waals surface area contributed by atoms with Crippen LogP contribution in [-0.2, 0) is 24.2 Å². The Morgan fingerprint density at radius 3 is 2.72 bits per heavy atom. The Kier molecular flexibility index (Phi) is 7.74. The van der Waals surface area contributed by atoms with E-state index >= 15 is 0 Å². The molecule has 0 radical (unpaired) electrons. The molecule has 1 aromatic heterocycles. The Bertz CT molecular complexity index is 1040. The number of nitrogens with one attached hydrogen (secondary N) is 3. The highest BCUT2D eigenvalue weighted by molar-refractivity contribution is 5.83. The maximum Gasteiger partial charge on any atom is 0.191 e.